The second kappa shape index (κ2) is 9.20. The van der Waals surface area contributed by atoms with Crippen LogP contribution in [0.4, 0.5) is 30.2 Å². The van der Waals surface area contributed by atoms with Crippen LogP contribution in [0.15, 0.2) is 86.9 Å². The molecule has 4 rings (SSSR count). The molecular formula is C22H15F3N2O7S2. The van der Waals surface area contributed by atoms with Crippen LogP contribution in [0.1, 0.15) is 5.56 Å². The van der Waals surface area contributed by atoms with Crippen LogP contribution in [0.5, 0.6) is 5.75 Å². The van der Waals surface area contributed by atoms with Crippen LogP contribution in [0.2, 0.25) is 0 Å². The maximum atomic E-state index is 13.0. The predicted octanol–water partition coefficient (Wildman–Crippen LogP) is 3.83. The minimum atomic E-state index is -4.78. The quantitative estimate of drug-likeness (QED) is 0.163. The second-order valence-corrected chi connectivity index (χ2v) is 9.72. The molecule has 0 aliphatic rings. The lowest BCUT2D eigenvalue weighted by Crippen LogP contribution is -2.21. The monoisotopic (exact) mass is 540 g/mol. The minimum Gasteiger partial charge on any atom is -0.417 e. The Balaban J connectivity index is 1.78. The number of anilines is 3. The van der Waals surface area contributed by atoms with E-state index in [2.05, 4.69) is 0 Å². The summed E-state index contributed by atoms with van der Waals surface area (Å²) in [6.07, 6.45) is -4.78. The number of fused-ring (bicyclic) bond motifs is 1. The number of thiol groups is 1. The van der Waals surface area contributed by atoms with Crippen molar-refractivity contribution in [1.82, 2.24) is 0 Å². The van der Waals surface area contributed by atoms with Gasteiger partial charge in [0.1, 0.15) is 10.6 Å². The molecule has 0 saturated heterocycles. The van der Waals surface area contributed by atoms with Gasteiger partial charge in [0, 0.05) is 11.1 Å². The third kappa shape index (κ3) is 4.99. The molecule has 0 amide bonds. The topological polar surface area (TPSA) is 137 Å². The molecule has 1 heterocycles. The van der Waals surface area contributed by atoms with Gasteiger partial charge in [0.25, 0.3) is 0 Å². The van der Waals surface area contributed by atoms with Gasteiger partial charge in [0.2, 0.25) is 10.9 Å². The first-order chi connectivity index (χ1) is 16.9. The fraction of sp³-hybridized carbons (Fsp3) is 0.0455. The van der Waals surface area contributed by atoms with Gasteiger partial charge >= 0.3 is 21.9 Å². The molecular weight excluding hydrogens is 525 g/mol. The third-order valence-electron chi connectivity index (χ3n) is 4.88. The second-order valence-electron chi connectivity index (χ2n) is 7.30. The molecule has 3 aromatic carbocycles. The average Bonchev–Trinajstić information content (AvgIpc) is 2.80. The number of benzene rings is 3. The Bertz CT molecular complexity index is 1690. The van der Waals surface area contributed by atoms with Crippen LogP contribution < -0.4 is 19.8 Å². The van der Waals surface area contributed by atoms with Gasteiger partial charge < -0.3 is 14.3 Å². The number of para-hydroxylation sites is 1. The molecule has 0 aliphatic carbocycles. The molecule has 0 unspecified atom stereocenters. The molecule has 14 heteroatoms. The Morgan fingerprint density at radius 1 is 0.944 bits per heavy atom. The Hall–Kier alpha value is -4.04. The van der Waals surface area contributed by atoms with E-state index in [1.54, 1.807) is 0 Å². The molecule has 9 nitrogen and oxygen atoms in total. The summed E-state index contributed by atoms with van der Waals surface area (Å²) in [5.74, 6) is -0.487. The van der Waals surface area contributed by atoms with Gasteiger partial charge in [-0.3, -0.25) is 0 Å². The minimum absolute atomic E-state index is 0.0821. The zero-order chi connectivity index (χ0) is 26.3. The first kappa shape index (κ1) is 25.1. The highest BCUT2D eigenvalue weighted by molar-refractivity contribution is 7.87. The molecule has 1 aromatic heterocycles. The van der Waals surface area contributed by atoms with E-state index in [9.17, 15) is 34.8 Å². The highest BCUT2D eigenvalue weighted by Gasteiger charge is 2.32. The van der Waals surface area contributed by atoms with Gasteiger partial charge in [-0.1, -0.05) is 18.2 Å². The molecule has 0 spiro atoms. The van der Waals surface area contributed by atoms with Crippen LogP contribution in [-0.4, -0.2) is 16.8 Å². The smallest absolute Gasteiger partial charge is 0.416 e. The van der Waals surface area contributed by atoms with Crippen LogP contribution in [0.25, 0.3) is 11.0 Å². The number of nitrogens with two attached hydrogens (primary N) is 1. The van der Waals surface area contributed by atoms with Crippen molar-refractivity contribution in [2.24, 2.45) is 0 Å². The summed E-state index contributed by atoms with van der Waals surface area (Å²) < 4.78 is 99.1. The number of nitrogen functional groups attached to an aromatic ring is 1. The number of rotatable bonds is 6. The molecule has 4 aromatic rings. The Morgan fingerprint density at radius 3 is 2.25 bits per heavy atom. The third-order valence-corrected chi connectivity index (χ3v) is 6.89. The molecule has 36 heavy (non-hydrogen) atoms. The number of hydrogen-bond donors (Lipinski definition) is 2. The van der Waals surface area contributed by atoms with Crippen LogP contribution in [-0.2, 0) is 27.2 Å². The Morgan fingerprint density at radius 2 is 1.61 bits per heavy atom. The first-order valence-corrected chi connectivity index (χ1v) is 12.4. The lowest BCUT2D eigenvalue weighted by molar-refractivity contribution is -0.137. The molecule has 0 aliphatic heterocycles. The standard InChI is InChI=1S/C22H15F3N2O7S2/c23-22(24,25)14-4-2-5-17(12-14)36(31,32)34-19-6-1-3-13-11-18(21(28)33-20(13)19)27(35(29)30)16-9-7-15(26)8-10-16/h1-12,35H,26H2. The normalized spacial score (nSPS) is 12.1. The van der Waals surface area contributed by atoms with Gasteiger partial charge in [-0.2, -0.15) is 21.6 Å². The van der Waals surface area contributed by atoms with Gasteiger partial charge in [-0.15, -0.1) is 0 Å². The summed E-state index contributed by atoms with van der Waals surface area (Å²) in [7, 11) is -8.13. The lowest BCUT2D eigenvalue weighted by atomic mass is 10.2. The van der Waals surface area contributed by atoms with Crippen molar-refractivity contribution in [3.8, 4) is 5.75 Å². The predicted molar refractivity (Wildman–Crippen MR) is 125 cm³/mol. The zero-order valence-electron chi connectivity index (χ0n) is 17.8. The first-order valence-electron chi connectivity index (χ1n) is 9.85. The summed E-state index contributed by atoms with van der Waals surface area (Å²) in [4.78, 5) is 12.0. The van der Waals surface area contributed by atoms with Crippen LogP contribution >= 0.6 is 0 Å². The fourth-order valence-electron chi connectivity index (χ4n) is 3.25. The Kier molecular flexibility index (Phi) is 6.41. The van der Waals surface area contributed by atoms with E-state index in [1.165, 1.54) is 36.4 Å². The maximum Gasteiger partial charge on any atom is 0.416 e. The molecule has 0 bridgehead atoms. The molecule has 2 N–H and O–H groups in total. The lowest BCUT2D eigenvalue weighted by Gasteiger charge is -2.17. The van der Waals surface area contributed by atoms with E-state index in [1.807, 2.05) is 0 Å². The van der Waals surface area contributed by atoms with Gasteiger partial charge in [-0.25, -0.2) is 17.5 Å². The van der Waals surface area contributed by atoms with E-state index in [0.717, 1.165) is 24.3 Å². The number of hydrogen-bond acceptors (Lipinski definition) is 8. The fourth-order valence-corrected chi connectivity index (χ4v) is 4.87. The molecule has 0 atom stereocenters. The van der Waals surface area contributed by atoms with Gasteiger partial charge in [-0.05, 0) is 54.6 Å². The summed E-state index contributed by atoms with van der Waals surface area (Å²) in [6.45, 7) is 0. The highest BCUT2D eigenvalue weighted by atomic mass is 32.2. The highest BCUT2D eigenvalue weighted by Crippen LogP contribution is 2.34. The van der Waals surface area contributed by atoms with E-state index >= 15 is 0 Å². The van der Waals surface area contributed by atoms with Crippen molar-refractivity contribution in [2.75, 3.05) is 10.0 Å². The largest absolute Gasteiger partial charge is 0.417 e. The summed E-state index contributed by atoms with van der Waals surface area (Å²) >= 11 is 0. The average molecular weight is 540 g/mol. The van der Waals surface area contributed by atoms with Crippen molar-refractivity contribution in [2.45, 2.75) is 11.1 Å². The molecule has 0 saturated carbocycles. The van der Waals surface area contributed by atoms with Crippen molar-refractivity contribution >= 4 is 49.0 Å². The van der Waals surface area contributed by atoms with Crippen LogP contribution in [0.3, 0.4) is 0 Å². The van der Waals surface area contributed by atoms with E-state index in [-0.39, 0.29) is 16.7 Å². The van der Waals surface area contributed by atoms with Gasteiger partial charge in [0.15, 0.2) is 11.3 Å². The van der Waals surface area contributed by atoms with Crippen molar-refractivity contribution < 1.29 is 38.6 Å². The number of halogens is 3. The number of alkyl halides is 3. The summed E-state index contributed by atoms with van der Waals surface area (Å²) in [5, 5.41) is 0.0821. The van der Waals surface area contributed by atoms with E-state index in [4.69, 9.17) is 14.3 Å². The Labute approximate surface area is 203 Å². The van der Waals surface area contributed by atoms with Crippen molar-refractivity contribution in [3.05, 3.63) is 88.8 Å². The summed E-state index contributed by atoms with van der Waals surface area (Å²) in [6, 6.07) is 13.5. The van der Waals surface area contributed by atoms with E-state index < -0.39 is 54.7 Å². The SMILES string of the molecule is Nc1ccc(N(c2cc3cccc(OS(=O)(=O)c4cccc(C(F)(F)F)c4)c3oc2=O)[SH](=O)=O)cc1. The van der Waals surface area contributed by atoms with E-state index in [0.29, 0.717) is 22.1 Å². The van der Waals surface area contributed by atoms with Crippen molar-refractivity contribution in [1.29, 1.82) is 0 Å². The van der Waals surface area contributed by atoms with Crippen LogP contribution in [0, 0.1) is 0 Å². The number of nitrogens with zero attached hydrogens (tertiary/aromatic N) is 1. The van der Waals surface area contributed by atoms with Gasteiger partial charge in [0.05, 0.1) is 11.3 Å². The maximum absolute atomic E-state index is 13.0. The molecule has 0 radical (unpaired) electrons. The molecule has 0 fully saturated rings. The summed E-state index contributed by atoms with van der Waals surface area (Å²) in [5.41, 5.74) is 2.95. The zero-order valence-corrected chi connectivity index (χ0v) is 19.5. The molecule has 188 valence electrons. The van der Waals surface area contributed by atoms with Crippen molar-refractivity contribution in [3.63, 3.8) is 0 Å².